The second-order valence-electron chi connectivity index (χ2n) is 8.20. The van der Waals surface area contributed by atoms with Gasteiger partial charge in [0.05, 0.1) is 5.51 Å². The summed E-state index contributed by atoms with van der Waals surface area (Å²) in [5.74, 6) is 1.000. The lowest BCUT2D eigenvalue weighted by Crippen LogP contribution is -2.46. The van der Waals surface area contributed by atoms with E-state index in [2.05, 4.69) is 37.2 Å². The molecule has 0 aromatic carbocycles. The van der Waals surface area contributed by atoms with Crippen LogP contribution in [-0.2, 0) is 12.8 Å². The summed E-state index contributed by atoms with van der Waals surface area (Å²) in [6, 6.07) is 2.27. The molecule has 0 amide bonds. The third kappa shape index (κ3) is 2.89. The first-order chi connectivity index (χ1) is 10.9. The molecule has 0 radical (unpaired) electrons. The van der Waals surface area contributed by atoms with Crippen molar-refractivity contribution in [3.8, 4) is 17.1 Å². The van der Waals surface area contributed by atoms with Gasteiger partial charge in [0.2, 0.25) is 0 Å². The van der Waals surface area contributed by atoms with Crippen LogP contribution in [0.25, 0.3) is 11.4 Å². The molecule has 1 aliphatic heterocycles. The van der Waals surface area contributed by atoms with Crippen molar-refractivity contribution in [3.63, 3.8) is 0 Å². The molecule has 1 spiro atoms. The quantitative estimate of drug-likeness (QED) is 0.774. The summed E-state index contributed by atoms with van der Waals surface area (Å²) in [6.07, 6.45) is 6.89. The van der Waals surface area contributed by atoms with Crippen molar-refractivity contribution in [1.82, 2.24) is 9.97 Å². The SMILES string of the molecule is CC(C)(C)Cc1cc2c(c(-c3cscn3)n1)OC1(CCC1)CC2. The van der Waals surface area contributed by atoms with Crippen LogP contribution in [0.2, 0.25) is 0 Å². The van der Waals surface area contributed by atoms with E-state index in [1.807, 2.05) is 5.51 Å². The van der Waals surface area contributed by atoms with Gasteiger partial charge in [-0.2, -0.15) is 0 Å². The number of aryl methyl sites for hydroxylation is 1. The van der Waals surface area contributed by atoms with Crippen LogP contribution in [0.15, 0.2) is 17.0 Å². The largest absolute Gasteiger partial charge is 0.485 e. The van der Waals surface area contributed by atoms with Crippen molar-refractivity contribution in [2.75, 3.05) is 0 Å². The zero-order chi connectivity index (χ0) is 16.1. The summed E-state index contributed by atoms with van der Waals surface area (Å²) in [4.78, 5) is 9.46. The fourth-order valence-corrected chi connectivity index (χ4v) is 4.17. The van der Waals surface area contributed by atoms with Crippen LogP contribution in [0.5, 0.6) is 5.75 Å². The molecule has 4 heteroatoms. The van der Waals surface area contributed by atoms with Gasteiger partial charge in [-0.3, -0.25) is 0 Å². The molecule has 2 aliphatic rings. The minimum atomic E-state index is 0.0883. The van der Waals surface area contributed by atoms with Gasteiger partial charge in [-0.25, -0.2) is 9.97 Å². The first-order valence-electron chi connectivity index (χ1n) is 8.55. The Morgan fingerprint density at radius 3 is 2.70 bits per heavy atom. The van der Waals surface area contributed by atoms with Gasteiger partial charge in [-0.1, -0.05) is 20.8 Å². The van der Waals surface area contributed by atoms with E-state index in [-0.39, 0.29) is 11.0 Å². The molecule has 23 heavy (non-hydrogen) atoms. The molecule has 3 nitrogen and oxygen atoms in total. The highest BCUT2D eigenvalue weighted by Gasteiger charge is 2.43. The summed E-state index contributed by atoms with van der Waals surface area (Å²) in [5, 5.41) is 2.08. The standard InChI is InChI=1S/C19H24N2OS/c1-18(2,3)10-14-9-13-5-8-19(6-4-7-19)22-17(13)16(21-14)15-11-23-12-20-15/h9,11-12H,4-8,10H2,1-3H3. The Morgan fingerprint density at radius 1 is 1.26 bits per heavy atom. The van der Waals surface area contributed by atoms with Crippen molar-refractivity contribution < 1.29 is 4.74 Å². The van der Waals surface area contributed by atoms with E-state index >= 15 is 0 Å². The summed E-state index contributed by atoms with van der Waals surface area (Å²) in [7, 11) is 0. The number of rotatable bonds is 2. The topological polar surface area (TPSA) is 35.0 Å². The van der Waals surface area contributed by atoms with E-state index in [1.165, 1.54) is 24.8 Å². The Kier molecular flexibility index (Phi) is 3.49. The third-order valence-corrected chi connectivity index (χ3v) is 5.51. The van der Waals surface area contributed by atoms with Crippen LogP contribution in [-0.4, -0.2) is 15.6 Å². The Balaban J connectivity index is 1.79. The molecule has 1 fully saturated rings. The predicted molar refractivity (Wildman–Crippen MR) is 94.0 cm³/mol. The number of hydrogen-bond donors (Lipinski definition) is 0. The fraction of sp³-hybridized carbons (Fsp3) is 0.579. The molecule has 3 heterocycles. The van der Waals surface area contributed by atoms with Gasteiger partial charge >= 0.3 is 0 Å². The van der Waals surface area contributed by atoms with Gasteiger partial charge < -0.3 is 4.74 Å². The van der Waals surface area contributed by atoms with Gasteiger partial charge in [-0.05, 0) is 55.6 Å². The fourth-order valence-electron chi connectivity index (χ4n) is 3.64. The van der Waals surface area contributed by atoms with Crippen LogP contribution < -0.4 is 4.74 Å². The summed E-state index contributed by atoms with van der Waals surface area (Å²) >= 11 is 1.62. The van der Waals surface area contributed by atoms with Crippen LogP contribution in [0.4, 0.5) is 0 Å². The van der Waals surface area contributed by atoms with E-state index in [4.69, 9.17) is 9.72 Å². The van der Waals surface area contributed by atoms with Gasteiger partial charge in [-0.15, -0.1) is 11.3 Å². The first kappa shape index (κ1) is 15.1. The van der Waals surface area contributed by atoms with E-state index in [0.29, 0.717) is 0 Å². The molecule has 4 rings (SSSR count). The maximum absolute atomic E-state index is 6.50. The number of hydrogen-bond acceptors (Lipinski definition) is 4. The number of ether oxygens (including phenoxy) is 1. The smallest absolute Gasteiger partial charge is 0.151 e. The molecule has 2 aromatic heterocycles. The number of nitrogens with zero attached hydrogens (tertiary/aromatic N) is 2. The predicted octanol–water partition coefficient (Wildman–Crippen LogP) is 5.04. The number of thiazole rings is 1. The van der Waals surface area contributed by atoms with E-state index < -0.39 is 0 Å². The minimum Gasteiger partial charge on any atom is -0.485 e. The second kappa shape index (κ2) is 5.30. The second-order valence-corrected chi connectivity index (χ2v) is 8.92. The Bertz CT molecular complexity index is 712. The average Bonchev–Trinajstić information content (AvgIpc) is 2.96. The Morgan fingerprint density at radius 2 is 2.09 bits per heavy atom. The molecule has 0 unspecified atom stereocenters. The molecule has 0 bridgehead atoms. The van der Waals surface area contributed by atoms with E-state index in [1.54, 1.807) is 11.3 Å². The minimum absolute atomic E-state index is 0.0883. The summed E-state index contributed by atoms with van der Waals surface area (Å²) in [5.41, 5.74) is 6.58. The van der Waals surface area contributed by atoms with Crippen molar-refractivity contribution >= 4 is 11.3 Å². The van der Waals surface area contributed by atoms with Gasteiger partial charge in [0.25, 0.3) is 0 Å². The van der Waals surface area contributed by atoms with Crippen LogP contribution in [0.3, 0.4) is 0 Å². The first-order valence-corrected chi connectivity index (χ1v) is 9.49. The molecule has 0 atom stereocenters. The van der Waals surface area contributed by atoms with Crippen LogP contribution in [0.1, 0.15) is 57.7 Å². The lowest BCUT2D eigenvalue weighted by atomic mass is 9.74. The van der Waals surface area contributed by atoms with Crippen LogP contribution >= 0.6 is 11.3 Å². The van der Waals surface area contributed by atoms with Gasteiger partial charge in [0, 0.05) is 11.1 Å². The lowest BCUT2D eigenvalue weighted by molar-refractivity contribution is -0.0247. The molecule has 1 saturated carbocycles. The van der Waals surface area contributed by atoms with E-state index in [9.17, 15) is 0 Å². The molecule has 0 saturated heterocycles. The van der Waals surface area contributed by atoms with Gasteiger partial charge in [0.1, 0.15) is 17.0 Å². The molecule has 0 N–H and O–H groups in total. The van der Waals surface area contributed by atoms with Crippen LogP contribution in [0, 0.1) is 5.41 Å². The highest BCUT2D eigenvalue weighted by atomic mass is 32.1. The third-order valence-electron chi connectivity index (χ3n) is 4.92. The summed E-state index contributed by atoms with van der Waals surface area (Å²) < 4.78 is 6.50. The Labute approximate surface area is 142 Å². The monoisotopic (exact) mass is 328 g/mol. The van der Waals surface area contributed by atoms with Crippen molar-refractivity contribution in [1.29, 1.82) is 0 Å². The number of fused-ring (bicyclic) bond motifs is 1. The maximum atomic E-state index is 6.50. The molecule has 1 aliphatic carbocycles. The summed E-state index contributed by atoms with van der Waals surface area (Å²) in [6.45, 7) is 6.78. The zero-order valence-electron chi connectivity index (χ0n) is 14.2. The molecule has 122 valence electrons. The molecular weight excluding hydrogens is 304 g/mol. The normalized spacial score (nSPS) is 19.1. The van der Waals surface area contributed by atoms with Crippen molar-refractivity contribution in [3.05, 3.63) is 28.2 Å². The number of aromatic nitrogens is 2. The molecular formula is C19H24N2OS. The highest BCUT2D eigenvalue weighted by molar-refractivity contribution is 7.07. The Hall–Kier alpha value is -1.42. The number of pyridine rings is 1. The average molecular weight is 328 g/mol. The lowest BCUT2D eigenvalue weighted by Gasteiger charge is -2.45. The molecule has 2 aromatic rings. The van der Waals surface area contributed by atoms with Crippen molar-refractivity contribution in [2.45, 2.75) is 64.9 Å². The van der Waals surface area contributed by atoms with Gasteiger partial charge in [0.15, 0.2) is 5.75 Å². The van der Waals surface area contributed by atoms with Crippen molar-refractivity contribution in [2.24, 2.45) is 5.41 Å². The zero-order valence-corrected chi connectivity index (χ0v) is 15.0. The van der Waals surface area contributed by atoms with E-state index in [0.717, 1.165) is 42.1 Å². The highest BCUT2D eigenvalue weighted by Crippen LogP contribution is 2.48. The maximum Gasteiger partial charge on any atom is 0.151 e.